The smallest absolute Gasteiger partial charge is 0.335 e. The van der Waals surface area contributed by atoms with Crippen LogP contribution < -0.4 is 0 Å². The molecule has 54 valence electrons. The highest BCUT2D eigenvalue weighted by Gasteiger charge is 2.02. The molecule has 11 heavy (non-hydrogen) atoms. The minimum absolute atomic E-state index is 0.0801. The van der Waals surface area contributed by atoms with Crippen LogP contribution in [-0.4, -0.2) is 16.1 Å². The lowest BCUT2D eigenvalue weighted by atomic mass is 10.2. The van der Waals surface area contributed by atoms with E-state index >= 15 is 0 Å². The van der Waals surface area contributed by atoms with Gasteiger partial charge in [0.15, 0.2) is 0 Å². The summed E-state index contributed by atoms with van der Waals surface area (Å²) in [5.74, 6) is -1.05. The molecule has 0 aliphatic carbocycles. The Morgan fingerprint density at radius 3 is 3.00 bits per heavy atom. The van der Waals surface area contributed by atoms with Crippen LogP contribution in [0.25, 0.3) is 0 Å². The van der Waals surface area contributed by atoms with Gasteiger partial charge in [0, 0.05) is 6.20 Å². The Morgan fingerprint density at radius 2 is 2.45 bits per heavy atom. The van der Waals surface area contributed by atoms with Crippen LogP contribution in [-0.2, 0) is 0 Å². The van der Waals surface area contributed by atoms with Crippen LogP contribution in [0, 0.1) is 11.3 Å². The summed E-state index contributed by atoms with van der Waals surface area (Å²) in [4.78, 5) is 13.9. The van der Waals surface area contributed by atoms with Gasteiger partial charge in [0.05, 0.1) is 5.56 Å². The number of hydrogen-bond acceptors (Lipinski definition) is 3. The van der Waals surface area contributed by atoms with E-state index in [4.69, 9.17) is 10.4 Å². The number of nitriles is 1. The number of aromatic carboxylic acids is 1. The lowest BCUT2D eigenvalue weighted by Crippen LogP contribution is -1.97. The van der Waals surface area contributed by atoms with E-state index in [1.807, 2.05) is 0 Å². The molecule has 1 heterocycles. The van der Waals surface area contributed by atoms with Gasteiger partial charge in [-0.3, -0.25) is 0 Å². The molecule has 4 nitrogen and oxygen atoms in total. The van der Waals surface area contributed by atoms with Crippen molar-refractivity contribution in [2.75, 3.05) is 0 Å². The summed E-state index contributed by atoms with van der Waals surface area (Å²) >= 11 is 0. The zero-order valence-electron chi connectivity index (χ0n) is 5.48. The van der Waals surface area contributed by atoms with Crippen molar-refractivity contribution in [3.05, 3.63) is 29.6 Å². The fraction of sp³-hybridized carbons (Fsp3) is 0. The van der Waals surface area contributed by atoms with Crippen LogP contribution in [0.4, 0.5) is 0 Å². The van der Waals surface area contributed by atoms with Gasteiger partial charge in [0.25, 0.3) is 0 Å². The zero-order chi connectivity index (χ0) is 8.27. The molecule has 1 aromatic rings. The van der Waals surface area contributed by atoms with Crippen LogP contribution in [0.15, 0.2) is 18.3 Å². The quantitative estimate of drug-likeness (QED) is 0.634. The molecule has 0 spiro atoms. The van der Waals surface area contributed by atoms with Crippen LogP contribution in [0.3, 0.4) is 0 Å². The molecule has 0 aromatic carbocycles. The molecule has 0 saturated heterocycles. The second kappa shape index (κ2) is 2.80. The predicted octanol–water partition coefficient (Wildman–Crippen LogP) is 0.651. The first-order valence-electron chi connectivity index (χ1n) is 2.83. The van der Waals surface area contributed by atoms with Gasteiger partial charge in [-0.05, 0) is 12.1 Å². The molecular formula is C7H4N2O2. The van der Waals surface area contributed by atoms with Crippen LogP contribution in [0.5, 0.6) is 0 Å². The second-order valence-electron chi connectivity index (χ2n) is 1.85. The monoisotopic (exact) mass is 148 g/mol. The van der Waals surface area contributed by atoms with E-state index in [2.05, 4.69) is 4.98 Å². The first-order valence-corrected chi connectivity index (χ1v) is 2.83. The van der Waals surface area contributed by atoms with Gasteiger partial charge in [-0.1, -0.05) is 0 Å². The third-order valence-corrected chi connectivity index (χ3v) is 1.12. The highest BCUT2D eigenvalue weighted by molar-refractivity contribution is 5.87. The summed E-state index contributed by atoms with van der Waals surface area (Å²) in [7, 11) is 0. The van der Waals surface area contributed by atoms with Crippen molar-refractivity contribution in [3.8, 4) is 6.07 Å². The van der Waals surface area contributed by atoms with Gasteiger partial charge >= 0.3 is 5.97 Å². The number of carboxylic acid groups (broad SMARTS) is 1. The fourth-order valence-electron chi connectivity index (χ4n) is 0.625. The third kappa shape index (κ3) is 1.52. The summed E-state index contributed by atoms with van der Waals surface area (Å²) in [6.07, 6.45) is 1.29. The van der Waals surface area contributed by atoms with Gasteiger partial charge < -0.3 is 5.11 Å². The number of hydrogen-bond donors (Lipinski definition) is 1. The van der Waals surface area contributed by atoms with Gasteiger partial charge in [0.2, 0.25) is 0 Å². The maximum absolute atomic E-state index is 10.3. The van der Waals surface area contributed by atoms with Crippen molar-refractivity contribution in [2.24, 2.45) is 0 Å². The molecule has 0 aliphatic rings. The summed E-state index contributed by atoms with van der Waals surface area (Å²) in [6, 6.07) is 4.31. The second-order valence-corrected chi connectivity index (χ2v) is 1.85. The van der Waals surface area contributed by atoms with Gasteiger partial charge in [0.1, 0.15) is 11.8 Å². The Labute approximate surface area is 62.7 Å². The molecular weight excluding hydrogens is 144 g/mol. The molecule has 4 heteroatoms. The summed E-state index contributed by atoms with van der Waals surface area (Å²) < 4.78 is 0. The molecule has 0 aliphatic heterocycles. The Kier molecular flexibility index (Phi) is 1.83. The van der Waals surface area contributed by atoms with E-state index < -0.39 is 5.97 Å². The van der Waals surface area contributed by atoms with Crippen molar-refractivity contribution in [2.45, 2.75) is 0 Å². The minimum Gasteiger partial charge on any atom is -0.478 e. The average Bonchev–Trinajstić information content (AvgIpc) is 2.05. The molecule has 0 atom stereocenters. The SMILES string of the molecule is N#Cc1cc(C(=O)O)ccn1. The predicted molar refractivity (Wildman–Crippen MR) is 35.9 cm³/mol. The van der Waals surface area contributed by atoms with Crippen LogP contribution in [0.1, 0.15) is 16.1 Å². The van der Waals surface area contributed by atoms with Crippen molar-refractivity contribution in [1.29, 1.82) is 5.26 Å². The molecule has 0 radical (unpaired) electrons. The lowest BCUT2D eigenvalue weighted by Gasteiger charge is -1.91. The van der Waals surface area contributed by atoms with Crippen molar-refractivity contribution in [3.63, 3.8) is 0 Å². The fourth-order valence-corrected chi connectivity index (χ4v) is 0.625. The molecule has 1 rings (SSSR count). The Hall–Kier alpha value is -1.89. The van der Waals surface area contributed by atoms with E-state index in [1.165, 1.54) is 18.3 Å². The van der Waals surface area contributed by atoms with Gasteiger partial charge in [-0.15, -0.1) is 0 Å². The molecule has 0 saturated carbocycles. The van der Waals surface area contributed by atoms with Crippen LogP contribution in [0.2, 0.25) is 0 Å². The van der Waals surface area contributed by atoms with E-state index in [-0.39, 0.29) is 11.3 Å². The Morgan fingerprint density at radius 1 is 1.73 bits per heavy atom. The first kappa shape index (κ1) is 7.22. The van der Waals surface area contributed by atoms with Crippen molar-refractivity contribution < 1.29 is 9.90 Å². The van der Waals surface area contributed by atoms with E-state index in [0.29, 0.717) is 0 Å². The Bertz CT molecular complexity index is 327. The highest BCUT2D eigenvalue weighted by atomic mass is 16.4. The van der Waals surface area contributed by atoms with Gasteiger partial charge in [-0.2, -0.15) is 5.26 Å². The maximum Gasteiger partial charge on any atom is 0.335 e. The molecule has 0 amide bonds. The average molecular weight is 148 g/mol. The standard InChI is InChI=1S/C7H4N2O2/c8-4-6-3-5(7(10)11)1-2-9-6/h1-3H,(H,10,11). The molecule has 1 N–H and O–H groups in total. The van der Waals surface area contributed by atoms with Gasteiger partial charge in [-0.25, -0.2) is 9.78 Å². The topological polar surface area (TPSA) is 74.0 Å². The summed E-state index contributed by atoms with van der Waals surface area (Å²) in [5, 5.41) is 16.8. The number of carboxylic acids is 1. The number of nitrogens with zero attached hydrogens (tertiary/aromatic N) is 2. The third-order valence-electron chi connectivity index (χ3n) is 1.12. The summed E-state index contributed by atoms with van der Waals surface area (Å²) in [5.41, 5.74) is 0.196. The van der Waals surface area contributed by atoms with E-state index in [9.17, 15) is 4.79 Å². The maximum atomic E-state index is 10.3. The molecule has 0 fully saturated rings. The van der Waals surface area contributed by atoms with Crippen LogP contribution >= 0.6 is 0 Å². The summed E-state index contributed by atoms with van der Waals surface area (Å²) in [6.45, 7) is 0. The highest BCUT2D eigenvalue weighted by Crippen LogP contribution is 1.99. The van der Waals surface area contributed by atoms with E-state index in [1.54, 1.807) is 6.07 Å². The van der Waals surface area contributed by atoms with E-state index in [0.717, 1.165) is 0 Å². The normalized spacial score (nSPS) is 8.64. The number of pyridine rings is 1. The molecule has 1 aromatic heterocycles. The minimum atomic E-state index is -1.05. The number of carbonyl (C=O) groups is 1. The lowest BCUT2D eigenvalue weighted by molar-refractivity contribution is 0.0696. The number of rotatable bonds is 1. The van der Waals surface area contributed by atoms with Crippen molar-refractivity contribution >= 4 is 5.97 Å². The largest absolute Gasteiger partial charge is 0.478 e. The van der Waals surface area contributed by atoms with Crippen molar-refractivity contribution in [1.82, 2.24) is 4.98 Å². The Balaban J connectivity index is 3.13. The zero-order valence-corrected chi connectivity index (χ0v) is 5.48. The molecule has 0 unspecified atom stereocenters. The first-order chi connectivity index (χ1) is 5.24. The number of aromatic nitrogens is 1. The molecule has 0 bridgehead atoms.